The topological polar surface area (TPSA) is 33.0 Å². The Morgan fingerprint density at radius 3 is 2.35 bits per heavy atom. The molecule has 0 aromatic heterocycles. The second kappa shape index (κ2) is 6.16. The van der Waals surface area contributed by atoms with Gasteiger partial charge >= 0.3 is 0 Å². The molecule has 0 fully saturated rings. The number of halogens is 2. The first kappa shape index (κ1) is 14.0. The fourth-order valence-corrected chi connectivity index (χ4v) is 2.06. The third-order valence-electron chi connectivity index (χ3n) is 3.09. The van der Waals surface area contributed by atoms with Gasteiger partial charge in [0.1, 0.15) is 17.4 Å². The summed E-state index contributed by atoms with van der Waals surface area (Å²) in [5, 5.41) is 9.26. The van der Waals surface area contributed by atoms with E-state index in [9.17, 15) is 14.0 Å². The molecule has 2 aromatic rings. The van der Waals surface area contributed by atoms with Gasteiger partial charge in [-0.1, -0.05) is 12.1 Å². The summed E-state index contributed by atoms with van der Waals surface area (Å²) in [5.74, 6) is -0.676. The molecule has 0 amide bonds. The molecular formula is C16H13F2NO. The summed E-state index contributed by atoms with van der Waals surface area (Å²) in [4.78, 5) is 0. The minimum atomic E-state index is -0.480. The van der Waals surface area contributed by atoms with E-state index in [1.165, 1.54) is 37.4 Å². The van der Waals surface area contributed by atoms with Crippen LogP contribution in [0.3, 0.4) is 0 Å². The summed E-state index contributed by atoms with van der Waals surface area (Å²) in [7, 11) is 1.50. The van der Waals surface area contributed by atoms with Gasteiger partial charge in [-0.2, -0.15) is 5.26 Å². The SMILES string of the molecule is COc1ccc(F)cc1CC(C#N)c1ccc(F)cc1. The van der Waals surface area contributed by atoms with Crippen LogP contribution in [0.15, 0.2) is 42.5 Å². The predicted octanol–water partition coefficient (Wildman–Crippen LogP) is 3.82. The van der Waals surface area contributed by atoms with Crippen molar-refractivity contribution >= 4 is 0 Å². The van der Waals surface area contributed by atoms with Gasteiger partial charge in [-0.25, -0.2) is 8.78 Å². The second-order valence-electron chi connectivity index (χ2n) is 4.39. The van der Waals surface area contributed by atoms with Gasteiger partial charge in [-0.15, -0.1) is 0 Å². The van der Waals surface area contributed by atoms with Crippen LogP contribution in [-0.2, 0) is 6.42 Å². The zero-order valence-corrected chi connectivity index (χ0v) is 10.9. The average Bonchev–Trinajstić information content (AvgIpc) is 2.46. The summed E-state index contributed by atoms with van der Waals surface area (Å²) < 4.78 is 31.4. The monoisotopic (exact) mass is 273 g/mol. The molecule has 1 unspecified atom stereocenters. The van der Waals surface area contributed by atoms with Gasteiger partial charge in [-0.3, -0.25) is 0 Å². The highest BCUT2D eigenvalue weighted by molar-refractivity contribution is 5.37. The first-order valence-corrected chi connectivity index (χ1v) is 6.11. The van der Waals surface area contributed by atoms with E-state index >= 15 is 0 Å². The molecule has 4 heteroatoms. The normalized spacial score (nSPS) is 11.7. The summed E-state index contributed by atoms with van der Waals surface area (Å²) in [5.41, 5.74) is 1.31. The minimum absolute atomic E-state index is 0.309. The summed E-state index contributed by atoms with van der Waals surface area (Å²) in [6, 6.07) is 12.1. The quantitative estimate of drug-likeness (QED) is 0.848. The van der Waals surface area contributed by atoms with E-state index in [1.807, 2.05) is 0 Å². The third-order valence-corrected chi connectivity index (χ3v) is 3.09. The van der Waals surface area contributed by atoms with Crippen molar-refractivity contribution in [3.63, 3.8) is 0 Å². The van der Waals surface area contributed by atoms with Gasteiger partial charge in [0.15, 0.2) is 0 Å². The Kier molecular flexibility index (Phi) is 4.31. The van der Waals surface area contributed by atoms with Crippen LogP contribution in [0, 0.1) is 23.0 Å². The van der Waals surface area contributed by atoms with Crippen LogP contribution in [-0.4, -0.2) is 7.11 Å². The highest BCUT2D eigenvalue weighted by atomic mass is 19.1. The minimum Gasteiger partial charge on any atom is -0.496 e. The molecule has 2 aromatic carbocycles. The van der Waals surface area contributed by atoms with Crippen LogP contribution >= 0.6 is 0 Å². The van der Waals surface area contributed by atoms with Crippen LogP contribution < -0.4 is 4.74 Å². The molecule has 0 saturated heterocycles. The van der Waals surface area contributed by atoms with Crippen LogP contribution in [0.5, 0.6) is 5.75 Å². The molecule has 0 saturated carbocycles. The Labute approximate surface area is 116 Å². The van der Waals surface area contributed by atoms with Crippen molar-refractivity contribution in [3.05, 3.63) is 65.2 Å². The lowest BCUT2D eigenvalue weighted by molar-refractivity contribution is 0.407. The number of ether oxygens (including phenoxy) is 1. The van der Waals surface area contributed by atoms with Crippen molar-refractivity contribution in [3.8, 4) is 11.8 Å². The molecule has 2 rings (SSSR count). The number of rotatable bonds is 4. The van der Waals surface area contributed by atoms with Gasteiger partial charge < -0.3 is 4.74 Å². The van der Waals surface area contributed by atoms with E-state index < -0.39 is 5.92 Å². The molecule has 0 heterocycles. The van der Waals surface area contributed by atoms with Crippen molar-refractivity contribution in [2.45, 2.75) is 12.3 Å². The molecule has 0 N–H and O–H groups in total. The Morgan fingerprint density at radius 2 is 1.75 bits per heavy atom. The van der Waals surface area contributed by atoms with E-state index in [4.69, 9.17) is 4.74 Å². The molecular weight excluding hydrogens is 260 g/mol. The molecule has 102 valence electrons. The molecule has 0 bridgehead atoms. The lowest BCUT2D eigenvalue weighted by Crippen LogP contribution is -2.03. The zero-order valence-electron chi connectivity index (χ0n) is 10.9. The molecule has 0 radical (unpaired) electrons. The number of hydrogen-bond donors (Lipinski definition) is 0. The zero-order chi connectivity index (χ0) is 14.5. The van der Waals surface area contributed by atoms with Crippen LogP contribution in [0.1, 0.15) is 17.0 Å². The summed E-state index contributed by atoms with van der Waals surface area (Å²) >= 11 is 0. The van der Waals surface area contributed by atoms with Crippen LogP contribution in [0.2, 0.25) is 0 Å². The van der Waals surface area contributed by atoms with Gasteiger partial charge in [0.05, 0.1) is 19.1 Å². The fourth-order valence-electron chi connectivity index (χ4n) is 2.06. The summed E-state index contributed by atoms with van der Waals surface area (Å²) in [6.07, 6.45) is 0.309. The van der Waals surface area contributed by atoms with Gasteiger partial charge in [0, 0.05) is 0 Å². The van der Waals surface area contributed by atoms with Gasteiger partial charge in [0.25, 0.3) is 0 Å². The van der Waals surface area contributed by atoms with Crippen molar-refractivity contribution in [2.24, 2.45) is 0 Å². The Bertz CT molecular complexity index is 632. The van der Waals surface area contributed by atoms with Gasteiger partial charge in [0.2, 0.25) is 0 Å². The molecule has 0 aliphatic heterocycles. The number of nitriles is 1. The number of nitrogens with zero attached hydrogens (tertiary/aromatic N) is 1. The number of methoxy groups -OCH3 is 1. The molecule has 0 aliphatic carbocycles. The van der Waals surface area contributed by atoms with E-state index in [1.54, 1.807) is 12.1 Å². The standard InChI is InChI=1S/C16H13F2NO/c1-20-16-7-6-15(18)9-12(16)8-13(10-19)11-2-4-14(17)5-3-11/h2-7,9,13H,8H2,1H3. The fraction of sp³-hybridized carbons (Fsp3) is 0.188. The molecule has 0 spiro atoms. The Hall–Kier alpha value is -2.41. The highest BCUT2D eigenvalue weighted by Gasteiger charge is 2.15. The lowest BCUT2D eigenvalue weighted by atomic mass is 9.93. The van der Waals surface area contributed by atoms with Crippen molar-refractivity contribution in [2.75, 3.05) is 7.11 Å². The van der Waals surface area contributed by atoms with E-state index in [2.05, 4.69) is 6.07 Å². The molecule has 20 heavy (non-hydrogen) atoms. The largest absolute Gasteiger partial charge is 0.496 e. The first-order valence-electron chi connectivity index (χ1n) is 6.11. The maximum absolute atomic E-state index is 13.3. The van der Waals surface area contributed by atoms with Crippen molar-refractivity contribution in [1.82, 2.24) is 0 Å². The van der Waals surface area contributed by atoms with Crippen molar-refractivity contribution < 1.29 is 13.5 Å². The maximum atomic E-state index is 13.3. The summed E-state index contributed by atoms with van der Waals surface area (Å²) in [6.45, 7) is 0. The highest BCUT2D eigenvalue weighted by Crippen LogP contribution is 2.27. The number of benzene rings is 2. The number of hydrogen-bond acceptors (Lipinski definition) is 2. The molecule has 0 aliphatic rings. The Morgan fingerprint density at radius 1 is 1.10 bits per heavy atom. The third kappa shape index (κ3) is 3.12. The molecule has 1 atom stereocenters. The van der Waals surface area contributed by atoms with Crippen LogP contribution in [0.25, 0.3) is 0 Å². The average molecular weight is 273 g/mol. The van der Waals surface area contributed by atoms with Crippen LogP contribution in [0.4, 0.5) is 8.78 Å². The molecule has 2 nitrogen and oxygen atoms in total. The van der Waals surface area contributed by atoms with E-state index in [-0.39, 0.29) is 11.6 Å². The van der Waals surface area contributed by atoms with E-state index in [0.29, 0.717) is 23.3 Å². The lowest BCUT2D eigenvalue weighted by Gasteiger charge is -2.13. The maximum Gasteiger partial charge on any atom is 0.123 e. The smallest absolute Gasteiger partial charge is 0.123 e. The van der Waals surface area contributed by atoms with Gasteiger partial charge in [-0.05, 0) is 47.9 Å². The first-order chi connectivity index (χ1) is 9.63. The Balaban J connectivity index is 2.29. The predicted molar refractivity (Wildman–Crippen MR) is 71.4 cm³/mol. The van der Waals surface area contributed by atoms with Crippen molar-refractivity contribution in [1.29, 1.82) is 5.26 Å². The van der Waals surface area contributed by atoms with E-state index in [0.717, 1.165) is 0 Å². The second-order valence-corrected chi connectivity index (χ2v) is 4.39.